The van der Waals surface area contributed by atoms with E-state index in [1.807, 2.05) is 0 Å². The molecule has 0 amide bonds. The molecule has 0 rings (SSSR count). The largest absolute Gasteiger partial charge is 0.381 e. The SMILES string of the molecule is CCCCOCCCNS(=O)(=O)CCl. The maximum Gasteiger partial charge on any atom is 0.225 e. The van der Waals surface area contributed by atoms with Crippen molar-refractivity contribution in [3.63, 3.8) is 0 Å². The Morgan fingerprint density at radius 2 is 1.93 bits per heavy atom. The Morgan fingerprint density at radius 3 is 2.50 bits per heavy atom. The fourth-order valence-electron chi connectivity index (χ4n) is 0.789. The minimum absolute atomic E-state index is 0.385. The van der Waals surface area contributed by atoms with E-state index < -0.39 is 10.0 Å². The van der Waals surface area contributed by atoms with Crippen LogP contribution < -0.4 is 4.72 Å². The average Bonchev–Trinajstić information content (AvgIpc) is 2.16. The Bertz CT molecular complexity index is 219. The van der Waals surface area contributed by atoms with Crippen molar-refractivity contribution in [1.29, 1.82) is 0 Å². The highest BCUT2D eigenvalue weighted by Gasteiger charge is 2.05. The third-order valence-corrected chi connectivity index (χ3v) is 3.37. The van der Waals surface area contributed by atoms with Crippen molar-refractivity contribution in [3.8, 4) is 0 Å². The van der Waals surface area contributed by atoms with E-state index >= 15 is 0 Å². The van der Waals surface area contributed by atoms with Gasteiger partial charge in [-0.15, -0.1) is 11.6 Å². The highest BCUT2D eigenvalue weighted by atomic mass is 35.5. The number of unbranched alkanes of at least 4 members (excludes halogenated alkanes) is 1. The van der Waals surface area contributed by atoms with Crippen molar-refractivity contribution in [3.05, 3.63) is 0 Å². The van der Waals surface area contributed by atoms with E-state index in [1.54, 1.807) is 0 Å². The molecule has 0 aromatic rings. The molecule has 0 heterocycles. The topological polar surface area (TPSA) is 55.4 Å². The minimum atomic E-state index is -3.26. The van der Waals surface area contributed by atoms with Gasteiger partial charge in [0.15, 0.2) is 0 Å². The molecular weight excluding hydrogens is 226 g/mol. The lowest BCUT2D eigenvalue weighted by atomic mass is 10.4. The summed E-state index contributed by atoms with van der Waals surface area (Å²) in [6.45, 7) is 3.82. The Labute approximate surface area is 91.0 Å². The van der Waals surface area contributed by atoms with Gasteiger partial charge in [-0.25, -0.2) is 13.1 Å². The second-order valence-electron chi connectivity index (χ2n) is 2.94. The first-order chi connectivity index (χ1) is 6.62. The Morgan fingerprint density at radius 1 is 1.29 bits per heavy atom. The average molecular weight is 244 g/mol. The number of nitrogens with one attached hydrogen (secondary N) is 1. The molecular formula is C8H18ClNO3S. The molecule has 0 aromatic carbocycles. The van der Waals surface area contributed by atoms with E-state index in [1.165, 1.54) is 0 Å². The molecule has 6 heteroatoms. The fourth-order valence-corrected chi connectivity index (χ4v) is 1.55. The van der Waals surface area contributed by atoms with Crippen LogP contribution in [0.2, 0.25) is 0 Å². The summed E-state index contributed by atoms with van der Waals surface area (Å²) in [6, 6.07) is 0. The van der Waals surface area contributed by atoms with Crippen molar-refractivity contribution in [2.24, 2.45) is 0 Å². The van der Waals surface area contributed by atoms with Gasteiger partial charge in [-0.3, -0.25) is 0 Å². The summed E-state index contributed by atoms with van der Waals surface area (Å²) in [4.78, 5) is 0. The molecule has 4 nitrogen and oxygen atoms in total. The van der Waals surface area contributed by atoms with Gasteiger partial charge in [0.2, 0.25) is 10.0 Å². The minimum Gasteiger partial charge on any atom is -0.381 e. The molecule has 0 aliphatic rings. The van der Waals surface area contributed by atoms with Crippen LogP contribution in [0.25, 0.3) is 0 Å². The second-order valence-corrected chi connectivity index (χ2v) is 5.33. The highest BCUT2D eigenvalue weighted by molar-refractivity contribution is 7.90. The molecule has 1 N–H and O–H groups in total. The molecule has 0 aliphatic carbocycles. The smallest absolute Gasteiger partial charge is 0.225 e. The molecule has 0 unspecified atom stereocenters. The molecule has 0 aromatic heterocycles. The van der Waals surface area contributed by atoms with Gasteiger partial charge in [0.05, 0.1) is 0 Å². The molecule has 0 atom stereocenters. The number of hydrogen-bond acceptors (Lipinski definition) is 3. The molecule has 0 fully saturated rings. The summed E-state index contributed by atoms with van der Waals surface area (Å²) in [5.41, 5.74) is 0. The zero-order valence-corrected chi connectivity index (χ0v) is 10.0. The van der Waals surface area contributed by atoms with Crippen molar-refractivity contribution in [1.82, 2.24) is 4.72 Å². The van der Waals surface area contributed by atoms with E-state index in [4.69, 9.17) is 16.3 Å². The molecule has 86 valence electrons. The van der Waals surface area contributed by atoms with E-state index in [0.29, 0.717) is 19.6 Å². The van der Waals surface area contributed by atoms with Crippen LogP contribution in [0.1, 0.15) is 26.2 Å². The lowest BCUT2D eigenvalue weighted by Crippen LogP contribution is -2.26. The third kappa shape index (κ3) is 8.74. The summed E-state index contributed by atoms with van der Waals surface area (Å²) >= 11 is 5.19. The zero-order chi connectivity index (χ0) is 10.9. The number of sulfonamides is 1. The van der Waals surface area contributed by atoms with Crippen molar-refractivity contribution in [2.75, 3.05) is 25.0 Å². The molecule has 14 heavy (non-hydrogen) atoms. The van der Waals surface area contributed by atoms with Crippen molar-refractivity contribution < 1.29 is 13.2 Å². The maximum absolute atomic E-state index is 10.9. The predicted octanol–water partition coefficient (Wildman–Crippen LogP) is 1.31. The predicted molar refractivity (Wildman–Crippen MR) is 58.0 cm³/mol. The highest BCUT2D eigenvalue weighted by Crippen LogP contribution is 1.91. The maximum atomic E-state index is 10.9. The quantitative estimate of drug-likeness (QED) is 0.491. The first-order valence-corrected chi connectivity index (χ1v) is 6.92. The Kier molecular flexibility index (Phi) is 8.56. The summed E-state index contributed by atoms with van der Waals surface area (Å²) in [5.74, 6) is 0. The van der Waals surface area contributed by atoms with Crippen molar-refractivity contribution >= 4 is 21.6 Å². The first kappa shape index (κ1) is 14.2. The number of rotatable bonds is 9. The number of halogens is 1. The van der Waals surface area contributed by atoms with Gasteiger partial charge in [-0.2, -0.15) is 0 Å². The fraction of sp³-hybridized carbons (Fsp3) is 1.00. The van der Waals surface area contributed by atoms with Crippen LogP contribution in [-0.2, 0) is 14.8 Å². The lowest BCUT2D eigenvalue weighted by molar-refractivity contribution is 0.130. The van der Waals surface area contributed by atoms with Gasteiger partial charge in [0, 0.05) is 19.8 Å². The van der Waals surface area contributed by atoms with Gasteiger partial charge in [-0.1, -0.05) is 13.3 Å². The first-order valence-electron chi connectivity index (χ1n) is 4.73. The van der Waals surface area contributed by atoms with Crippen LogP contribution in [0.3, 0.4) is 0 Å². The lowest BCUT2D eigenvalue weighted by Gasteiger charge is -2.04. The second kappa shape index (κ2) is 8.47. The molecule has 0 saturated carbocycles. The van der Waals surface area contributed by atoms with Crippen LogP contribution in [0.15, 0.2) is 0 Å². The van der Waals surface area contributed by atoms with Gasteiger partial charge in [-0.05, 0) is 12.8 Å². The molecule has 0 aliphatic heterocycles. The van der Waals surface area contributed by atoms with Gasteiger partial charge in [0.25, 0.3) is 0 Å². The van der Waals surface area contributed by atoms with E-state index in [0.717, 1.165) is 19.4 Å². The summed E-state index contributed by atoms with van der Waals surface area (Å²) < 4.78 is 29.3. The summed E-state index contributed by atoms with van der Waals surface area (Å²) in [7, 11) is -3.26. The normalized spacial score (nSPS) is 11.9. The standard InChI is InChI=1S/C8H18ClNO3S/c1-2-3-6-13-7-4-5-10-14(11,12)8-9/h10H,2-8H2,1H3. The van der Waals surface area contributed by atoms with E-state index in [2.05, 4.69) is 11.6 Å². The van der Waals surface area contributed by atoms with Crippen LogP contribution in [-0.4, -0.2) is 33.4 Å². The van der Waals surface area contributed by atoms with Crippen LogP contribution in [0.4, 0.5) is 0 Å². The van der Waals surface area contributed by atoms with Crippen LogP contribution >= 0.6 is 11.6 Å². The van der Waals surface area contributed by atoms with E-state index in [9.17, 15) is 8.42 Å². The molecule has 0 spiro atoms. The van der Waals surface area contributed by atoms with Gasteiger partial charge >= 0.3 is 0 Å². The van der Waals surface area contributed by atoms with Gasteiger partial charge in [0.1, 0.15) is 5.21 Å². The molecule has 0 saturated heterocycles. The zero-order valence-electron chi connectivity index (χ0n) is 8.46. The number of ether oxygens (including phenoxy) is 1. The van der Waals surface area contributed by atoms with E-state index in [-0.39, 0.29) is 5.21 Å². The van der Waals surface area contributed by atoms with Crippen LogP contribution in [0, 0.1) is 0 Å². The molecule has 0 radical (unpaired) electrons. The summed E-state index contributed by atoms with van der Waals surface area (Å²) in [5, 5.41) is -0.385. The number of hydrogen-bond donors (Lipinski definition) is 1. The summed E-state index contributed by atoms with van der Waals surface area (Å²) in [6.07, 6.45) is 2.84. The van der Waals surface area contributed by atoms with Gasteiger partial charge < -0.3 is 4.74 Å². The Balaban J connectivity index is 3.22. The van der Waals surface area contributed by atoms with Crippen molar-refractivity contribution in [2.45, 2.75) is 26.2 Å². The third-order valence-electron chi connectivity index (χ3n) is 1.57. The monoisotopic (exact) mass is 243 g/mol. The molecule has 0 bridgehead atoms. The Hall–Kier alpha value is 0.160. The van der Waals surface area contributed by atoms with Crippen LogP contribution in [0.5, 0.6) is 0 Å². The number of alkyl halides is 1.